The quantitative estimate of drug-likeness (QED) is 0.461. The predicted octanol–water partition coefficient (Wildman–Crippen LogP) is 4.67. The monoisotopic (exact) mass is 476 g/mol. The molecule has 34 heavy (non-hydrogen) atoms. The van der Waals surface area contributed by atoms with Crippen LogP contribution in [0.3, 0.4) is 0 Å². The van der Waals surface area contributed by atoms with Crippen molar-refractivity contribution in [3.63, 3.8) is 0 Å². The number of rotatable bonds is 8. The van der Waals surface area contributed by atoms with E-state index in [0.29, 0.717) is 34.1 Å². The minimum atomic E-state index is -0.877. The number of carboxylic acids is 1. The van der Waals surface area contributed by atoms with Gasteiger partial charge in [0.2, 0.25) is 5.91 Å². The van der Waals surface area contributed by atoms with E-state index in [9.17, 15) is 9.59 Å². The van der Waals surface area contributed by atoms with Crippen molar-refractivity contribution in [2.75, 3.05) is 19.4 Å². The van der Waals surface area contributed by atoms with Crippen molar-refractivity contribution in [1.82, 2.24) is 9.88 Å². The van der Waals surface area contributed by atoms with E-state index in [1.807, 2.05) is 50.5 Å². The summed E-state index contributed by atoms with van der Waals surface area (Å²) in [6.07, 6.45) is 3.63. The fourth-order valence-corrected chi connectivity index (χ4v) is 4.17. The molecule has 1 atom stereocenters. The maximum atomic E-state index is 13.1. The van der Waals surface area contributed by atoms with E-state index >= 15 is 0 Å². The molecule has 0 spiro atoms. The number of carbonyl (C=O) groups is 2. The molecule has 0 bridgehead atoms. The van der Waals surface area contributed by atoms with Crippen molar-refractivity contribution in [1.29, 1.82) is 0 Å². The standard InChI is InChI=1S/C26H25ClN4O3/c1-31(2)15-16-3-7-20(8-4-16)29-25(18-11-17(13-28-14-18)5-10-23(32)33)24-21-9-6-19(27)12-22(21)30-26(24)34/h3-4,6-9,11-14,24H,5,10,15H2,1-2H3,(H,30,34)(H,32,33). The molecule has 8 heteroatoms. The summed E-state index contributed by atoms with van der Waals surface area (Å²) in [7, 11) is 4.02. The van der Waals surface area contributed by atoms with E-state index in [0.717, 1.165) is 23.2 Å². The molecule has 0 aliphatic carbocycles. The van der Waals surface area contributed by atoms with Gasteiger partial charge in [-0.2, -0.15) is 0 Å². The Kier molecular flexibility index (Phi) is 7.05. The zero-order chi connectivity index (χ0) is 24.2. The Morgan fingerprint density at radius 3 is 2.59 bits per heavy atom. The molecule has 7 nitrogen and oxygen atoms in total. The van der Waals surface area contributed by atoms with Crippen molar-refractivity contribution < 1.29 is 14.7 Å². The maximum absolute atomic E-state index is 13.1. The lowest BCUT2D eigenvalue weighted by atomic mass is 9.90. The molecular formula is C26H25ClN4O3. The van der Waals surface area contributed by atoms with Crippen LogP contribution in [0.2, 0.25) is 5.02 Å². The molecule has 0 saturated carbocycles. The second-order valence-electron chi connectivity index (χ2n) is 8.53. The summed E-state index contributed by atoms with van der Waals surface area (Å²) in [6.45, 7) is 0.811. The minimum absolute atomic E-state index is 0.00378. The summed E-state index contributed by atoms with van der Waals surface area (Å²) >= 11 is 6.13. The third-order valence-corrected chi connectivity index (χ3v) is 5.76. The lowest BCUT2D eigenvalue weighted by molar-refractivity contribution is -0.137. The summed E-state index contributed by atoms with van der Waals surface area (Å²) in [6, 6.07) is 15.0. The third-order valence-electron chi connectivity index (χ3n) is 5.52. The Hall–Kier alpha value is -3.55. The summed E-state index contributed by atoms with van der Waals surface area (Å²) in [5.41, 5.74) is 5.29. The molecule has 0 fully saturated rings. The van der Waals surface area contributed by atoms with E-state index in [1.54, 1.807) is 24.5 Å². The van der Waals surface area contributed by atoms with Crippen LogP contribution in [0.15, 0.2) is 65.9 Å². The van der Waals surface area contributed by atoms with Gasteiger partial charge in [-0.1, -0.05) is 29.8 Å². The number of aromatic nitrogens is 1. The van der Waals surface area contributed by atoms with E-state index in [4.69, 9.17) is 21.7 Å². The largest absolute Gasteiger partial charge is 0.481 e. The Morgan fingerprint density at radius 2 is 1.88 bits per heavy atom. The van der Waals surface area contributed by atoms with Gasteiger partial charge in [-0.15, -0.1) is 0 Å². The van der Waals surface area contributed by atoms with Crippen LogP contribution in [-0.4, -0.2) is 46.7 Å². The number of hydrogen-bond donors (Lipinski definition) is 2. The van der Waals surface area contributed by atoms with Crippen LogP contribution in [0.1, 0.15) is 34.6 Å². The molecule has 1 amide bonds. The second-order valence-corrected chi connectivity index (χ2v) is 8.97. The molecule has 4 rings (SSSR count). The van der Waals surface area contributed by atoms with Gasteiger partial charge >= 0.3 is 5.97 Å². The first-order valence-corrected chi connectivity index (χ1v) is 11.3. The SMILES string of the molecule is CN(C)Cc1ccc(N=C(c2cncc(CCC(=O)O)c2)C2C(=O)Nc3cc(Cl)ccc32)cc1. The number of fused-ring (bicyclic) bond motifs is 1. The highest BCUT2D eigenvalue weighted by atomic mass is 35.5. The fourth-order valence-electron chi connectivity index (χ4n) is 4.00. The Labute approximate surface area is 203 Å². The maximum Gasteiger partial charge on any atom is 0.303 e. The molecule has 1 aliphatic rings. The molecule has 0 saturated heterocycles. The lowest BCUT2D eigenvalue weighted by Gasteiger charge is -2.15. The zero-order valence-corrected chi connectivity index (χ0v) is 19.7. The number of aryl methyl sites for hydroxylation is 1. The van der Waals surface area contributed by atoms with Crippen molar-refractivity contribution in [3.8, 4) is 0 Å². The number of aliphatic carboxylic acids is 1. The second kappa shape index (κ2) is 10.2. The Balaban J connectivity index is 1.78. The first-order valence-electron chi connectivity index (χ1n) is 10.9. The number of carbonyl (C=O) groups excluding carboxylic acids is 1. The summed E-state index contributed by atoms with van der Waals surface area (Å²) in [5.74, 6) is -1.72. The topological polar surface area (TPSA) is 94.9 Å². The van der Waals surface area contributed by atoms with Gasteiger partial charge < -0.3 is 15.3 Å². The number of benzene rings is 2. The van der Waals surface area contributed by atoms with E-state index in [2.05, 4.69) is 15.2 Å². The summed E-state index contributed by atoms with van der Waals surface area (Å²) in [5, 5.41) is 12.5. The third kappa shape index (κ3) is 5.50. The summed E-state index contributed by atoms with van der Waals surface area (Å²) < 4.78 is 0. The summed E-state index contributed by atoms with van der Waals surface area (Å²) in [4.78, 5) is 35.4. The molecule has 174 valence electrons. The molecule has 3 aromatic rings. The van der Waals surface area contributed by atoms with Gasteiger partial charge in [0.15, 0.2) is 0 Å². The number of hydrogen-bond acceptors (Lipinski definition) is 5. The first-order chi connectivity index (χ1) is 16.3. The van der Waals surface area contributed by atoms with Crippen LogP contribution in [0.4, 0.5) is 11.4 Å². The first kappa shape index (κ1) is 23.6. The van der Waals surface area contributed by atoms with Gasteiger partial charge in [-0.3, -0.25) is 19.6 Å². The van der Waals surface area contributed by atoms with Crippen LogP contribution < -0.4 is 5.32 Å². The normalized spacial score (nSPS) is 15.4. The molecule has 0 radical (unpaired) electrons. The average molecular weight is 477 g/mol. The van der Waals surface area contributed by atoms with Gasteiger partial charge in [-0.25, -0.2) is 0 Å². The minimum Gasteiger partial charge on any atom is -0.481 e. The highest BCUT2D eigenvalue weighted by Gasteiger charge is 2.35. The average Bonchev–Trinajstić information content (AvgIpc) is 3.11. The number of anilines is 1. The molecule has 1 aliphatic heterocycles. The number of aliphatic imine (C=N–C) groups is 1. The lowest BCUT2D eigenvalue weighted by Crippen LogP contribution is -2.22. The molecular weight excluding hydrogens is 452 g/mol. The van der Waals surface area contributed by atoms with Gasteiger partial charge in [0.25, 0.3) is 0 Å². The van der Waals surface area contributed by atoms with Gasteiger partial charge in [0.1, 0.15) is 5.92 Å². The highest BCUT2D eigenvalue weighted by molar-refractivity contribution is 6.31. The number of carboxylic acid groups (broad SMARTS) is 1. The van der Waals surface area contributed by atoms with Crippen LogP contribution in [0.25, 0.3) is 0 Å². The van der Waals surface area contributed by atoms with E-state index in [1.165, 1.54) is 0 Å². The van der Waals surface area contributed by atoms with Crippen molar-refractivity contribution in [2.24, 2.45) is 4.99 Å². The number of amides is 1. The van der Waals surface area contributed by atoms with Crippen molar-refractivity contribution >= 4 is 40.6 Å². The number of halogens is 1. The van der Waals surface area contributed by atoms with Crippen molar-refractivity contribution in [3.05, 3.63) is 88.2 Å². The van der Waals surface area contributed by atoms with Crippen LogP contribution in [0.5, 0.6) is 0 Å². The molecule has 1 unspecified atom stereocenters. The molecule has 2 heterocycles. The Bertz CT molecular complexity index is 1260. The van der Waals surface area contributed by atoms with Gasteiger partial charge in [0.05, 0.1) is 11.4 Å². The number of pyridine rings is 1. The van der Waals surface area contributed by atoms with Crippen molar-refractivity contribution in [2.45, 2.75) is 25.3 Å². The Morgan fingerprint density at radius 1 is 1.12 bits per heavy atom. The highest BCUT2D eigenvalue weighted by Crippen LogP contribution is 2.37. The smallest absolute Gasteiger partial charge is 0.303 e. The van der Waals surface area contributed by atoms with Gasteiger partial charge in [-0.05, 0) is 67.5 Å². The van der Waals surface area contributed by atoms with Crippen LogP contribution in [0, 0.1) is 0 Å². The number of nitrogens with zero attached hydrogens (tertiary/aromatic N) is 3. The molecule has 2 N–H and O–H groups in total. The van der Waals surface area contributed by atoms with Crippen LogP contribution in [-0.2, 0) is 22.6 Å². The van der Waals surface area contributed by atoms with E-state index < -0.39 is 11.9 Å². The molecule has 1 aromatic heterocycles. The zero-order valence-electron chi connectivity index (χ0n) is 19.0. The van der Waals surface area contributed by atoms with Gasteiger partial charge in [0, 0.05) is 41.6 Å². The number of nitrogens with one attached hydrogen (secondary N) is 1. The molecule has 2 aromatic carbocycles. The van der Waals surface area contributed by atoms with Crippen LogP contribution >= 0.6 is 11.6 Å². The van der Waals surface area contributed by atoms with E-state index in [-0.39, 0.29) is 12.3 Å². The fraction of sp³-hybridized carbons (Fsp3) is 0.231. The predicted molar refractivity (Wildman–Crippen MR) is 133 cm³/mol.